The third kappa shape index (κ3) is 5.64. The van der Waals surface area contributed by atoms with Gasteiger partial charge in [-0.2, -0.15) is 0 Å². The van der Waals surface area contributed by atoms with Crippen molar-refractivity contribution in [3.8, 4) is 0 Å². The highest BCUT2D eigenvalue weighted by Crippen LogP contribution is 2.24. The van der Waals surface area contributed by atoms with Crippen LogP contribution in [0.25, 0.3) is 0 Å². The number of amides is 1. The molecule has 23 heavy (non-hydrogen) atoms. The molecule has 4 nitrogen and oxygen atoms in total. The molecule has 0 saturated heterocycles. The molecule has 2 rings (SSSR count). The summed E-state index contributed by atoms with van der Waals surface area (Å²) in [6.45, 7) is 3.39. The molecule has 0 aliphatic carbocycles. The first kappa shape index (κ1) is 18.0. The van der Waals surface area contributed by atoms with Crippen molar-refractivity contribution in [2.45, 2.75) is 24.0 Å². The van der Waals surface area contributed by atoms with E-state index < -0.39 is 0 Å². The van der Waals surface area contributed by atoms with Crippen molar-refractivity contribution in [3.63, 3.8) is 0 Å². The van der Waals surface area contributed by atoms with Crippen LogP contribution in [0.5, 0.6) is 0 Å². The first-order valence-corrected chi connectivity index (χ1v) is 9.35. The summed E-state index contributed by atoms with van der Waals surface area (Å²) in [7, 11) is 3.50. The van der Waals surface area contributed by atoms with E-state index in [1.807, 2.05) is 38.2 Å². The fourth-order valence-corrected chi connectivity index (χ4v) is 3.60. The second-order valence-corrected chi connectivity index (χ2v) is 7.35. The highest BCUT2D eigenvalue weighted by Gasteiger charge is 2.11. The molecule has 2 aromatic rings. The van der Waals surface area contributed by atoms with Crippen LogP contribution in [0.3, 0.4) is 0 Å². The molecule has 0 bridgehead atoms. The number of thiazole rings is 1. The van der Waals surface area contributed by atoms with Crippen molar-refractivity contribution < 1.29 is 9.53 Å². The van der Waals surface area contributed by atoms with Gasteiger partial charge in [0.1, 0.15) is 0 Å². The van der Waals surface area contributed by atoms with Gasteiger partial charge in [0.15, 0.2) is 0 Å². The van der Waals surface area contributed by atoms with Gasteiger partial charge in [-0.1, -0.05) is 0 Å². The van der Waals surface area contributed by atoms with E-state index in [9.17, 15) is 4.79 Å². The minimum absolute atomic E-state index is 0.0489. The lowest BCUT2D eigenvalue weighted by atomic mass is 10.2. The molecule has 0 radical (unpaired) electrons. The van der Waals surface area contributed by atoms with Gasteiger partial charge in [0.05, 0.1) is 10.7 Å². The van der Waals surface area contributed by atoms with E-state index in [1.54, 1.807) is 35.1 Å². The number of nitrogens with zero attached hydrogens (tertiary/aromatic N) is 2. The predicted molar refractivity (Wildman–Crippen MR) is 96.3 cm³/mol. The lowest BCUT2D eigenvalue weighted by Gasteiger charge is -2.17. The second kappa shape index (κ2) is 9.05. The van der Waals surface area contributed by atoms with Gasteiger partial charge in [-0.25, -0.2) is 4.98 Å². The van der Waals surface area contributed by atoms with E-state index in [-0.39, 0.29) is 5.91 Å². The third-order valence-electron chi connectivity index (χ3n) is 3.34. The van der Waals surface area contributed by atoms with Crippen molar-refractivity contribution in [1.29, 1.82) is 0 Å². The molecular weight excluding hydrogens is 328 g/mol. The van der Waals surface area contributed by atoms with E-state index in [2.05, 4.69) is 10.4 Å². The van der Waals surface area contributed by atoms with Crippen LogP contribution < -0.4 is 0 Å². The van der Waals surface area contributed by atoms with Crippen molar-refractivity contribution in [2.24, 2.45) is 0 Å². The Balaban J connectivity index is 1.86. The van der Waals surface area contributed by atoms with E-state index in [1.165, 1.54) is 0 Å². The van der Waals surface area contributed by atoms with Gasteiger partial charge in [0.2, 0.25) is 0 Å². The fourth-order valence-electron chi connectivity index (χ4n) is 2.09. The Morgan fingerprint density at radius 1 is 1.35 bits per heavy atom. The maximum absolute atomic E-state index is 12.3. The summed E-state index contributed by atoms with van der Waals surface area (Å²) in [6.07, 6.45) is 0.847. The van der Waals surface area contributed by atoms with Crippen LogP contribution in [0.1, 0.15) is 27.5 Å². The number of benzene rings is 1. The maximum Gasteiger partial charge on any atom is 0.253 e. The van der Waals surface area contributed by atoms with E-state index in [4.69, 9.17) is 4.74 Å². The average Bonchev–Trinajstić information content (AvgIpc) is 2.98. The number of methoxy groups -OCH3 is 1. The standard InChI is InChI=1S/C17H22N2O2S2/c1-13-18-15(11-22-13)12-23-16-7-5-14(6-8-16)17(20)19(2)9-4-10-21-3/h5-8,11H,4,9-10,12H2,1-3H3. The van der Waals surface area contributed by atoms with Crippen molar-refractivity contribution >= 4 is 29.0 Å². The Bertz CT molecular complexity index is 626. The first-order chi connectivity index (χ1) is 11.1. The van der Waals surface area contributed by atoms with Crippen LogP contribution in [0.2, 0.25) is 0 Å². The molecule has 6 heteroatoms. The van der Waals surface area contributed by atoms with Gasteiger partial charge in [-0.05, 0) is 37.6 Å². The zero-order chi connectivity index (χ0) is 16.7. The number of aromatic nitrogens is 1. The highest BCUT2D eigenvalue weighted by molar-refractivity contribution is 7.98. The number of carbonyl (C=O) groups is 1. The number of carbonyl (C=O) groups excluding carboxylic acids is 1. The topological polar surface area (TPSA) is 42.4 Å². The van der Waals surface area contributed by atoms with Crippen LogP contribution in [0.4, 0.5) is 0 Å². The van der Waals surface area contributed by atoms with Crippen LogP contribution in [0, 0.1) is 6.92 Å². The number of aryl methyl sites for hydroxylation is 1. The number of ether oxygens (including phenoxy) is 1. The van der Waals surface area contributed by atoms with Gasteiger partial charge in [-0.3, -0.25) is 4.79 Å². The summed E-state index contributed by atoms with van der Waals surface area (Å²) in [5.74, 6) is 0.905. The Labute approximate surface area is 145 Å². The summed E-state index contributed by atoms with van der Waals surface area (Å²) in [4.78, 5) is 19.6. The Hall–Kier alpha value is -1.37. The molecule has 1 heterocycles. The van der Waals surface area contributed by atoms with E-state index in [0.29, 0.717) is 13.2 Å². The third-order valence-corrected chi connectivity index (χ3v) is 5.21. The van der Waals surface area contributed by atoms with Crippen LogP contribution >= 0.6 is 23.1 Å². The molecule has 0 unspecified atom stereocenters. The van der Waals surface area contributed by atoms with Crippen LogP contribution in [0.15, 0.2) is 34.5 Å². The fraction of sp³-hybridized carbons (Fsp3) is 0.412. The number of rotatable bonds is 8. The van der Waals surface area contributed by atoms with Gasteiger partial charge in [-0.15, -0.1) is 23.1 Å². The summed E-state index contributed by atoms with van der Waals surface area (Å²) >= 11 is 3.41. The zero-order valence-corrected chi connectivity index (χ0v) is 15.4. The minimum atomic E-state index is 0.0489. The molecule has 124 valence electrons. The molecule has 0 aliphatic heterocycles. The number of thioether (sulfide) groups is 1. The number of hydrogen-bond acceptors (Lipinski definition) is 5. The van der Waals surface area contributed by atoms with E-state index in [0.717, 1.165) is 33.3 Å². The molecule has 1 aromatic heterocycles. The highest BCUT2D eigenvalue weighted by atomic mass is 32.2. The first-order valence-electron chi connectivity index (χ1n) is 7.48. The molecule has 1 aromatic carbocycles. The Morgan fingerprint density at radius 3 is 2.70 bits per heavy atom. The molecule has 0 N–H and O–H groups in total. The molecule has 0 spiro atoms. The normalized spacial score (nSPS) is 10.7. The molecular formula is C17H22N2O2S2. The summed E-state index contributed by atoms with van der Waals surface area (Å²) in [6, 6.07) is 7.79. The number of hydrogen-bond donors (Lipinski definition) is 0. The van der Waals surface area contributed by atoms with Crippen molar-refractivity contribution in [1.82, 2.24) is 9.88 Å². The molecule has 0 aliphatic rings. The van der Waals surface area contributed by atoms with Crippen molar-refractivity contribution in [3.05, 3.63) is 45.9 Å². The predicted octanol–water partition coefficient (Wildman–Crippen LogP) is 3.85. The van der Waals surface area contributed by atoms with Gasteiger partial charge < -0.3 is 9.64 Å². The SMILES string of the molecule is COCCCN(C)C(=O)c1ccc(SCc2csc(C)n2)cc1. The van der Waals surface area contributed by atoms with Gasteiger partial charge in [0.25, 0.3) is 5.91 Å². The summed E-state index contributed by atoms with van der Waals surface area (Å²) in [5, 5.41) is 3.19. The maximum atomic E-state index is 12.3. The molecule has 1 amide bonds. The van der Waals surface area contributed by atoms with Crippen molar-refractivity contribution in [2.75, 3.05) is 27.3 Å². The van der Waals surface area contributed by atoms with Gasteiger partial charge >= 0.3 is 0 Å². The quantitative estimate of drug-likeness (QED) is 0.536. The lowest BCUT2D eigenvalue weighted by molar-refractivity contribution is 0.0779. The minimum Gasteiger partial charge on any atom is -0.385 e. The lowest BCUT2D eigenvalue weighted by Crippen LogP contribution is -2.28. The van der Waals surface area contributed by atoms with Gasteiger partial charge in [0, 0.05) is 48.9 Å². The van der Waals surface area contributed by atoms with E-state index >= 15 is 0 Å². The molecule has 0 atom stereocenters. The summed E-state index contributed by atoms with van der Waals surface area (Å²) < 4.78 is 5.01. The Morgan fingerprint density at radius 2 is 2.09 bits per heavy atom. The zero-order valence-electron chi connectivity index (χ0n) is 13.7. The smallest absolute Gasteiger partial charge is 0.253 e. The largest absolute Gasteiger partial charge is 0.385 e. The average molecular weight is 351 g/mol. The Kier molecular flexibility index (Phi) is 7.08. The second-order valence-electron chi connectivity index (χ2n) is 5.24. The van der Waals surface area contributed by atoms with Crippen LogP contribution in [-0.2, 0) is 10.5 Å². The molecule has 0 saturated carbocycles. The monoisotopic (exact) mass is 350 g/mol. The van der Waals surface area contributed by atoms with Crippen LogP contribution in [-0.4, -0.2) is 43.1 Å². The summed E-state index contributed by atoms with van der Waals surface area (Å²) in [5.41, 5.74) is 1.83. The molecule has 0 fully saturated rings.